The minimum atomic E-state index is -0.106. The van der Waals surface area contributed by atoms with Gasteiger partial charge < -0.3 is 9.88 Å². The van der Waals surface area contributed by atoms with Crippen molar-refractivity contribution in [2.45, 2.75) is 51.4 Å². The van der Waals surface area contributed by atoms with Crippen molar-refractivity contribution >= 4 is 27.5 Å². The van der Waals surface area contributed by atoms with Gasteiger partial charge in [0.25, 0.3) is 11.5 Å². The van der Waals surface area contributed by atoms with E-state index in [1.165, 1.54) is 52.6 Å². The Balaban J connectivity index is 1.62. The molecule has 0 spiro atoms. The van der Waals surface area contributed by atoms with Crippen LogP contribution in [-0.2, 0) is 12.5 Å². The molecule has 152 valence electrons. The predicted molar refractivity (Wildman–Crippen MR) is 118 cm³/mol. The monoisotopic (exact) mass is 409 g/mol. The van der Waals surface area contributed by atoms with Gasteiger partial charge in [-0.05, 0) is 37.8 Å². The Morgan fingerprint density at radius 3 is 2.72 bits per heavy atom. The molecule has 0 atom stereocenters. The van der Waals surface area contributed by atoms with Crippen LogP contribution >= 0.6 is 11.3 Å². The van der Waals surface area contributed by atoms with Gasteiger partial charge >= 0.3 is 0 Å². The maximum absolute atomic E-state index is 13.1. The van der Waals surface area contributed by atoms with Crippen LogP contribution in [-0.4, -0.2) is 22.0 Å². The molecule has 2 aromatic heterocycles. The Kier molecular flexibility index (Phi) is 5.30. The normalized spacial score (nSPS) is 16.1. The van der Waals surface area contributed by atoms with Crippen LogP contribution in [0.4, 0.5) is 0 Å². The molecular formula is C23H27N3O2S. The molecule has 1 aliphatic carbocycles. The second kappa shape index (κ2) is 7.75. The van der Waals surface area contributed by atoms with Crippen LogP contribution in [0.25, 0.3) is 10.2 Å². The van der Waals surface area contributed by atoms with Gasteiger partial charge in [0.2, 0.25) is 0 Å². The molecule has 0 saturated heterocycles. The molecule has 1 aromatic carbocycles. The van der Waals surface area contributed by atoms with Crippen molar-refractivity contribution in [1.82, 2.24) is 14.9 Å². The molecule has 0 unspecified atom stereocenters. The molecule has 1 N–H and O–H groups in total. The highest BCUT2D eigenvalue weighted by atomic mass is 32.1. The van der Waals surface area contributed by atoms with E-state index in [4.69, 9.17) is 0 Å². The van der Waals surface area contributed by atoms with E-state index in [0.717, 1.165) is 18.4 Å². The lowest BCUT2D eigenvalue weighted by Crippen LogP contribution is -2.42. The lowest BCUT2D eigenvalue weighted by Gasteiger charge is -2.38. The number of nitrogens with zero attached hydrogens (tertiary/aromatic N) is 2. The zero-order valence-corrected chi connectivity index (χ0v) is 18.1. The Morgan fingerprint density at radius 1 is 1.24 bits per heavy atom. The van der Waals surface area contributed by atoms with E-state index in [2.05, 4.69) is 41.5 Å². The van der Waals surface area contributed by atoms with E-state index >= 15 is 0 Å². The highest BCUT2D eigenvalue weighted by Gasteiger charge is 2.34. The van der Waals surface area contributed by atoms with E-state index in [9.17, 15) is 9.59 Å². The molecule has 1 amide bonds. The van der Waals surface area contributed by atoms with Crippen LogP contribution in [0.2, 0.25) is 0 Å². The van der Waals surface area contributed by atoms with Crippen molar-refractivity contribution in [2.24, 2.45) is 7.05 Å². The first-order chi connectivity index (χ1) is 13.9. The molecule has 0 aliphatic heterocycles. The molecule has 6 heteroatoms. The van der Waals surface area contributed by atoms with Crippen molar-refractivity contribution in [1.29, 1.82) is 0 Å². The second-order valence-electron chi connectivity index (χ2n) is 8.29. The Hall–Kier alpha value is -2.47. The first kappa shape index (κ1) is 19.8. The number of hydrogen-bond acceptors (Lipinski definition) is 4. The summed E-state index contributed by atoms with van der Waals surface area (Å²) in [6, 6.07) is 8.69. The largest absolute Gasteiger partial charge is 0.350 e. The summed E-state index contributed by atoms with van der Waals surface area (Å²) in [7, 11) is 1.68. The number of amides is 1. The highest BCUT2D eigenvalue weighted by molar-refractivity contribution is 7.20. The second-order valence-corrected chi connectivity index (χ2v) is 9.29. The molecule has 1 saturated carbocycles. The number of benzene rings is 1. The van der Waals surface area contributed by atoms with Crippen LogP contribution in [0, 0.1) is 13.8 Å². The van der Waals surface area contributed by atoms with Crippen molar-refractivity contribution in [2.75, 3.05) is 6.54 Å². The summed E-state index contributed by atoms with van der Waals surface area (Å²) in [6.45, 7) is 4.58. The van der Waals surface area contributed by atoms with Gasteiger partial charge in [0, 0.05) is 19.0 Å². The van der Waals surface area contributed by atoms with Crippen LogP contribution in [0.1, 0.15) is 58.5 Å². The number of thiophene rings is 1. The van der Waals surface area contributed by atoms with Crippen LogP contribution in [0.15, 0.2) is 35.4 Å². The number of hydrogen-bond donors (Lipinski definition) is 1. The van der Waals surface area contributed by atoms with Crippen LogP contribution in [0.5, 0.6) is 0 Å². The molecule has 3 aromatic rings. The SMILES string of the molecule is Cc1cccc(C2(CNC(=O)c3sc4ncn(C)c(=O)c4c3C)CCCCC2)c1. The number of nitrogens with one attached hydrogen (secondary N) is 1. The maximum atomic E-state index is 13.1. The summed E-state index contributed by atoms with van der Waals surface area (Å²) in [4.78, 5) is 31.1. The summed E-state index contributed by atoms with van der Waals surface area (Å²) >= 11 is 1.30. The zero-order valence-electron chi connectivity index (χ0n) is 17.2. The molecule has 4 rings (SSSR count). The van der Waals surface area contributed by atoms with Crippen LogP contribution in [0.3, 0.4) is 0 Å². The lowest BCUT2D eigenvalue weighted by atomic mass is 9.69. The van der Waals surface area contributed by atoms with E-state index < -0.39 is 0 Å². The molecular weight excluding hydrogens is 382 g/mol. The molecule has 0 radical (unpaired) electrons. The first-order valence-electron chi connectivity index (χ1n) is 10.2. The summed E-state index contributed by atoms with van der Waals surface area (Å²) < 4.78 is 1.46. The third-order valence-corrected chi connectivity index (χ3v) is 7.44. The average molecular weight is 410 g/mol. The number of aromatic nitrogens is 2. The van der Waals surface area contributed by atoms with Gasteiger partial charge in [-0.25, -0.2) is 4.98 Å². The van der Waals surface area contributed by atoms with Gasteiger partial charge in [-0.15, -0.1) is 11.3 Å². The summed E-state index contributed by atoms with van der Waals surface area (Å²) in [5, 5.41) is 3.75. The van der Waals surface area contributed by atoms with Crippen LogP contribution < -0.4 is 10.9 Å². The smallest absolute Gasteiger partial charge is 0.262 e. The van der Waals surface area contributed by atoms with Crippen molar-refractivity contribution in [3.63, 3.8) is 0 Å². The topological polar surface area (TPSA) is 64.0 Å². The van der Waals surface area contributed by atoms with Crippen molar-refractivity contribution < 1.29 is 4.79 Å². The van der Waals surface area contributed by atoms with Gasteiger partial charge in [-0.2, -0.15) is 0 Å². The summed E-state index contributed by atoms with van der Waals surface area (Å²) in [5.74, 6) is -0.106. The Bertz CT molecular complexity index is 1120. The van der Waals surface area contributed by atoms with Gasteiger partial charge in [0.05, 0.1) is 16.6 Å². The fourth-order valence-corrected chi connectivity index (χ4v) is 5.58. The van der Waals surface area contributed by atoms with E-state index in [0.29, 0.717) is 21.6 Å². The summed E-state index contributed by atoms with van der Waals surface area (Å²) in [5.41, 5.74) is 3.18. The minimum Gasteiger partial charge on any atom is -0.350 e. The third-order valence-electron chi connectivity index (χ3n) is 6.25. The fourth-order valence-electron chi connectivity index (χ4n) is 4.53. The Labute approximate surface area is 174 Å². The maximum Gasteiger partial charge on any atom is 0.262 e. The molecule has 1 fully saturated rings. The number of carbonyl (C=O) groups excluding carboxylic acids is 1. The van der Waals surface area contributed by atoms with Crippen molar-refractivity contribution in [3.8, 4) is 0 Å². The van der Waals surface area contributed by atoms with Gasteiger partial charge in [-0.3, -0.25) is 9.59 Å². The number of rotatable bonds is 4. The van der Waals surface area contributed by atoms with Gasteiger partial charge in [-0.1, -0.05) is 49.1 Å². The number of carbonyl (C=O) groups is 1. The van der Waals surface area contributed by atoms with Gasteiger partial charge in [0.1, 0.15) is 4.83 Å². The van der Waals surface area contributed by atoms with E-state index in [1.807, 2.05) is 6.92 Å². The van der Waals surface area contributed by atoms with Crippen molar-refractivity contribution in [3.05, 3.63) is 62.5 Å². The van der Waals surface area contributed by atoms with E-state index in [1.54, 1.807) is 7.05 Å². The predicted octanol–water partition coefficient (Wildman–Crippen LogP) is 4.24. The third kappa shape index (κ3) is 3.62. The quantitative estimate of drug-likeness (QED) is 0.701. The van der Waals surface area contributed by atoms with Gasteiger partial charge in [0.15, 0.2) is 0 Å². The lowest BCUT2D eigenvalue weighted by molar-refractivity contribution is 0.0940. The number of aryl methyl sites for hydroxylation is 3. The highest BCUT2D eigenvalue weighted by Crippen LogP contribution is 2.39. The molecule has 1 aliphatic rings. The molecule has 0 bridgehead atoms. The summed E-state index contributed by atoms with van der Waals surface area (Å²) in [6.07, 6.45) is 7.31. The standard InChI is InChI=1S/C23H27N3O2S/c1-15-8-7-9-17(12-15)23(10-5-4-6-11-23)13-24-20(27)19-16(2)18-21(29-19)25-14-26(3)22(18)28/h7-9,12,14H,4-6,10-11,13H2,1-3H3,(H,24,27). The first-order valence-corrected chi connectivity index (χ1v) is 11.0. The molecule has 5 nitrogen and oxygen atoms in total. The zero-order chi connectivity index (χ0) is 20.6. The number of fused-ring (bicyclic) bond motifs is 1. The average Bonchev–Trinajstić information content (AvgIpc) is 3.07. The minimum absolute atomic E-state index is 0.0150. The molecule has 2 heterocycles. The fraction of sp³-hybridized carbons (Fsp3) is 0.435. The van der Waals surface area contributed by atoms with E-state index in [-0.39, 0.29) is 16.9 Å². The Morgan fingerprint density at radius 2 is 2.00 bits per heavy atom. The molecule has 29 heavy (non-hydrogen) atoms.